The van der Waals surface area contributed by atoms with Crippen LogP contribution in [0.15, 0.2) is 71.3 Å². The van der Waals surface area contributed by atoms with Gasteiger partial charge >= 0.3 is 180 Å². The van der Waals surface area contributed by atoms with Gasteiger partial charge < -0.3 is 0 Å². The third-order valence-corrected chi connectivity index (χ3v) is 10.3. The second-order valence-corrected chi connectivity index (χ2v) is 20.2. The molecule has 0 atom stereocenters. The second-order valence-electron chi connectivity index (χ2n) is 9.54. The molecule has 0 N–H and O–H groups in total. The summed E-state index contributed by atoms with van der Waals surface area (Å²) in [7, 11) is 0. The number of fused-ring (bicyclic) bond motifs is 4. The second kappa shape index (κ2) is 6.99. The van der Waals surface area contributed by atoms with Crippen molar-refractivity contribution in [2.45, 2.75) is 37.0 Å². The number of rotatable bonds is 3. The zero-order valence-corrected chi connectivity index (χ0v) is 20.4. The Morgan fingerprint density at radius 3 is 2.40 bits per heavy atom. The molecule has 0 bridgehead atoms. The number of aromatic nitrogens is 1. The minimum atomic E-state index is -1.92. The van der Waals surface area contributed by atoms with Crippen LogP contribution in [0.3, 0.4) is 0 Å². The maximum atomic E-state index is 6.45. The number of hydrogen-bond acceptors (Lipinski definition) is 2. The predicted molar refractivity (Wildman–Crippen MR) is 132 cm³/mol. The molecule has 2 nitrogen and oxygen atoms in total. The topological polar surface area (TPSA) is 26.0 Å². The summed E-state index contributed by atoms with van der Waals surface area (Å²) in [6.45, 7) is 4.50. The van der Waals surface area contributed by atoms with E-state index in [1.54, 1.807) is 0 Å². The Kier molecular flexibility index (Phi) is 4.51. The SMILES string of the molecule is CC(C)c1cc(-c2nccc3c2oc2c[c]([Ge]([CH3])([CH3])[CH3])ccc23)cc2ccccc12. The van der Waals surface area contributed by atoms with E-state index in [1.165, 1.54) is 26.1 Å². The first kappa shape index (κ1) is 19.4. The van der Waals surface area contributed by atoms with Crippen molar-refractivity contribution in [3.05, 3.63) is 72.4 Å². The van der Waals surface area contributed by atoms with Gasteiger partial charge in [-0.1, -0.05) is 0 Å². The molecule has 0 aliphatic carbocycles. The Bertz CT molecular complexity index is 1410. The van der Waals surface area contributed by atoms with Crippen LogP contribution in [0.4, 0.5) is 0 Å². The number of hydrogen-bond donors (Lipinski definition) is 0. The third kappa shape index (κ3) is 3.14. The summed E-state index contributed by atoms with van der Waals surface area (Å²) in [5.41, 5.74) is 5.25. The molecule has 0 spiro atoms. The molecule has 3 heteroatoms. The van der Waals surface area contributed by atoms with E-state index in [0.29, 0.717) is 5.92 Å². The van der Waals surface area contributed by atoms with E-state index in [0.717, 1.165) is 27.8 Å². The number of pyridine rings is 1. The van der Waals surface area contributed by atoms with Crippen LogP contribution in [0.2, 0.25) is 17.3 Å². The van der Waals surface area contributed by atoms with Crippen molar-refractivity contribution in [1.29, 1.82) is 0 Å². The van der Waals surface area contributed by atoms with Crippen molar-refractivity contribution in [2.75, 3.05) is 0 Å². The Labute approximate surface area is 180 Å². The molecule has 0 aliphatic rings. The van der Waals surface area contributed by atoms with E-state index in [-0.39, 0.29) is 0 Å². The van der Waals surface area contributed by atoms with Gasteiger partial charge in [0.15, 0.2) is 0 Å². The van der Waals surface area contributed by atoms with Crippen LogP contribution >= 0.6 is 0 Å². The molecule has 2 aromatic heterocycles. The van der Waals surface area contributed by atoms with Gasteiger partial charge in [0, 0.05) is 0 Å². The van der Waals surface area contributed by atoms with Gasteiger partial charge in [-0.05, 0) is 0 Å². The monoisotopic (exact) mass is 455 g/mol. The third-order valence-electron chi connectivity index (χ3n) is 6.04. The van der Waals surface area contributed by atoms with E-state index in [9.17, 15) is 0 Å². The van der Waals surface area contributed by atoms with Crippen LogP contribution in [-0.4, -0.2) is 18.3 Å². The summed E-state index contributed by atoms with van der Waals surface area (Å²) in [4.78, 5) is 4.77. The van der Waals surface area contributed by atoms with Gasteiger partial charge in [-0.2, -0.15) is 0 Å². The molecule has 0 aliphatic heterocycles. The van der Waals surface area contributed by atoms with Gasteiger partial charge in [-0.15, -0.1) is 0 Å². The standard InChI is InChI=1S/C27H27GeNO/c1-17(2)24-15-19(14-18-8-6-7-9-21(18)24)26-27-23(12-13-29-26)22-11-10-20(28(3,4)5)16-25(22)30-27/h6-17H,1-5H3. The first-order valence-electron chi connectivity index (χ1n) is 10.7. The molecule has 0 saturated carbocycles. The number of benzene rings is 3. The molecule has 150 valence electrons. The zero-order chi connectivity index (χ0) is 21.0. The van der Waals surface area contributed by atoms with E-state index >= 15 is 0 Å². The average Bonchev–Trinajstić information content (AvgIpc) is 3.10. The van der Waals surface area contributed by atoms with Gasteiger partial charge in [0.2, 0.25) is 0 Å². The van der Waals surface area contributed by atoms with Crippen molar-refractivity contribution in [2.24, 2.45) is 0 Å². The number of nitrogens with zero attached hydrogens (tertiary/aromatic N) is 1. The predicted octanol–water partition coefficient (Wildman–Crippen LogP) is 7.47. The van der Waals surface area contributed by atoms with Crippen LogP contribution in [0.5, 0.6) is 0 Å². The molecule has 0 amide bonds. The van der Waals surface area contributed by atoms with E-state index < -0.39 is 13.3 Å². The normalized spacial score (nSPS) is 12.5. The molecule has 0 radical (unpaired) electrons. The molecular formula is C27H27GeNO. The van der Waals surface area contributed by atoms with Gasteiger partial charge in [-0.25, -0.2) is 0 Å². The zero-order valence-electron chi connectivity index (χ0n) is 18.3. The van der Waals surface area contributed by atoms with Crippen LogP contribution in [0.1, 0.15) is 25.3 Å². The molecule has 5 aromatic rings. The summed E-state index contributed by atoms with van der Waals surface area (Å²) in [6, 6.07) is 22.0. The summed E-state index contributed by atoms with van der Waals surface area (Å²) in [5, 5.41) is 4.88. The molecule has 0 saturated heterocycles. The summed E-state index contributed by atoms with van der Waals surface area (Å²) < 4.78 is 7.92. The van der Waals surface area contributed by atoms with Crippen molar-refractivity contribution in [3.8, 4) is 11.3 Å². The molecule has 5 rings (SSSR count). The molecule has 0 unspecified atom stereocenters. The fourth-order valence-electron chi connectivity index (χ4n) is 4.33. The first-order chi connectivity index (χ1) is 14.3. The van der Waals surface area contributed by atoms with Crippen molar-refractivity contribution >= 4 is 50.4 Å². The van der Waals surface area contributed by atoms with Gasteiger partial charge in [0.25, 0.3) is 0 Å². The fourth-order valence-corrected chi connectivity index (χ4v) is 6.74. The van der Waals surface area contributed by atoms with Crippen molar-refractivity contribution in [1.82, 2.24) is 4.98 Å². The first-order valence-corrected chi connectivity index (χ1v) is 18.0. The Morgan fingerprint density at radius 1 is 0.833 bits per heavy atom. The van der Waals surface area contributed by atoms with Gasteiger partial charge in [0.1, 0.15) is 0 Å². The van der Waals surface area contributed by atoms with Crippen molar-refractivity contribution in [3.63, 3.8) is 0 Å². The van der Waals surface area contributed by atoms with Gasteiger partial charge in [0.05, 0.1) is 0 Å². The summed E-state index contributed by atoms with van der Waals surface area (Å²) in [6.07, 6.45) is 1.91. The number of furan rings is 1. The Balaban J connectivity index is 1.79. The van der Waals surface area contributed by atoms with Crippen LogP contribution in [0, 0.1) is 0 Å². The van der Waals surface area contributed by atoms with Gasteiger partial charge in [-0.3, -0.25) is 0 Å². The molecule has 0 fully saturated rings. The quantitative estimate of drug-likeness (QED) is 0.265. The molecule has 3 aromatic carbocycles. The van der Waals surface area contributed by atoms with E-state index in [1.807, 2.05) is 6.20 Å². The molecular weight excluding hydrogens is 427 g/mol. The van der Waals surface area contributed by atoms with E-state index in [2.05, 4.69) is 91.8 Å². The summed E-state index contributed by atoms with van der Waals surface area (Å²) >= 11 is -1.92. The fraction of sp³-hybridized carbons (Fsp3) is 0.222. The van der Waals surface area contributed by atoms with Crippen LogP contribution in [0.25, 0.3) is 44.0 Å². The van der Waals surface area contributed by atoms with Crippen molar-refractivity contribution < 1.29 is 4.42 Å². The summed E-state index contributed by atoms with van der Waals surface area (Å²) in [5.74, 6) is 7.68. The Morgan fingerprint density at radius 2 is 1.63 bits per heavy atom. The average molecular weight is 454 g/mol. The maximum absolute atomic E-state index is 6.45. The van der Waals surface area contributed by atoms with E-state index in [4.69, 9.17) is 9.40 Å². The minimum absolute atomic E-state index is 0.436. The molecule has 2 heterocycles. The van der Waals surface area contributed by atoms with Crippen LogP contribution < -0.4 is 4.40 Å². The van der Waals surface area contributed by atoms with Crippen LogP contribution in [-0.2, 0) is 0 Å². The molecule has 30 heavy (non-hydrogen) atoms. The Hall–Kier alpha value is -2.59.